The topological polar surface area (TPSA) is 96.3 Å². The van der Waals surface area contributed by atoms with Crippen LogP contribution < -0.4 is 5.73 Å². The summed E-state index contributed by atoms with van der Waals surface area (Å²) in [6.45, 7) is 1.79. The Bertz CT molecular complexity index is 188. The number of hydrogen-bond acceptors (Lipinski definition) is 4. The lowest BCUT2D eigenvalue weighted by Crippen LogP contribution is -2.31. The quantitative estimate of drug-likeness (QED) is 0.594. The summed E-state index contributed by atoms with van der Waals surface area (Å²) in [5.74, 6) is -1.05. The molecule has 0 aromatic rings. The molecular weight excluding hydrogens is 160 g/mol. The highest BCUT2D eigenvalue weighted by Gasteiger charge is 2.11. The molecule has 0 spiro atoms. The van der Waals surface area contributed by atoms with Crippen LogP contribution in [0.25, 0.3) is 0 Å². The van der Waals surface area contributed by atoms with E-state index in [2.05, 4.69) is 0 Å². The van der Waals surface area contributed by atoms with Crippen LogP contribution >= 0.6 is 0 Å². The molecule has 0 aliphatic carbocycles. The Kier molecular flexibility index (Phi) is 5.00. The average Bonchev–Trinajstić information content (AvgIpc) is 2.03. The Morgan fingerprint density at radius 1 is 1.83 bits per heavy atom. The Balaban J connectivity index is 3.45. The second kappa shape index (κ2) is 5.52. The molecule has 12 heavy (non-hydrogen) atoms. The fourth-order valence-corrected chi connectivity index (χ4v) is 0.533. The highest BCUT2D eigenvalue weighted by atomic mass is 16.5. The van der Waals surface area contributed by atoms with Crippen molar-refractivity contribution < 1.29 is 14.6 Å². The molecule has 0 rings (SSSR count). The number of aliphatic carboxylic acids is 1. The van der Waals surface area contributed by atoms with E-state index < -0.39 is 18.1 Å². The summed E-state index contributed by atoms with van der Waals surface area (Å²) in [7, 11) is 0. The van der Waals surface area contributed by atoms with E-state index >= 15 is 0 Å². The van der Waals surface area contributed by atoms with E-state index in [1.165, 1.54) is 0 Å². The van der Waals surface area contributed by atoms with E-state index in [0.29, 0.717) is 0 Å². The number of rotatable bonds is 5. The van der Waals surface area contributed by atoms with Gasteiger partial charge in [0, 0.05) is 0 Å². The molecule has 5 heteroatoms. The minimum Gasteiger partial charge on any atom is -0.480 e. The first-order valence-corrected chi connectivity index (χ1v) is 3.57. The number of carbonyl (C=O) groups is 1. The fourth-order valence-electron chi connectivity index (χ4n) is 0.533. The first-order chi connectivity index (χ1) is 5.57. The number of nitrogens with zero attached hydrogens (tertiary/aromatic N) is 1. The van der Waals surface area contributed by atoms with Crippen LogP contribution in [0, 0.1) is 11.3 Å². The van der Waals surface area contributed by atoms with Gasteiger partial charge in [0.15, 0.2) is 0 Å². The van der Waals surface area contributed by atoms with Crippen LogP contribution in [0.2, 0.25) is 0 Å². The summed E-state index contributed by atoms with van der Waals surface area (Å²) >= 11 is 0. The monoisotopic (exact) mass is 172 g/mol. The third-order valence-electron chi connectivity index (χ3n) is 1.30. The summed E-state index contributed by atoms with van der Waals surface area (Å²) in [5, 5.41) is 16.6. The van der Waals surface area contributed by atoms with Gasteiger partial charge in [-0.15, -0.1) is 0 Å². The predicted molar refractivity (Wildman–Crippen MR) is 41.3 cm³/mol. The predicted octanol–water partition coefficient (Wildman–Crippen LogP) is -0.283. The van der Waals surface area contributed by atoms with Gasteiger partial charge in [0.2, 0.25) is 0 Å². The van der Waals surface area contributed by atoms with Crippen molar-refractivity contribution in [2.24, 2.45) is 5.73 Å². The molecule has 0 aromatic heterocycles. The number of hydrogen-bond donors (Lipinski definition) is 2. The summed E-state index contributed by atoms with van der Waals surface area (Å²) in [5.41, 5.74) is 5.18. The lowest BCUT2D eigenvalue weighted by molar-refractivity contribution is -0.139. The average molecular weight is 172 g/mol. The van der Waals surface area contributed by atoms with Crippen molar-refractivity contribution in [3.63, 3.8) is 0 Å². The minimum absolute atomic E-state index is 0.197. The standard InChI is InChI=1S/C7H12N2O3/c1-5(4-8)12-3-2-6(9)7(10)11/h5-6H,2-3,9H2,1H3,(H,10,11)/t5?,6-/m1/s1. The summed E-state index contributed by atoms with van der Waals surface area (Å²) in [6.07, 6.45) is -0.285. The highest BCUT2D eigenvalue weighted by molar-refractivity contribution is 5.72. The second-order valence-corrected chi connectivity index (χ2v) is 2.38. The maximum absolute atomic E-state index is 10.2. The SMILES string of the molecule is CC(C#N)OCC[C@@H](N)C(=O)O. The zero-order chi connectivity index (χ0) is 9.56. The van der Waals surface area contributed by atoms with Gasteiger partial charge in [0.1, 0.15) is 12.1 Å². The number of carboxylic acids is 1. The maximum atomic E-state index is 10.2. The van der Waals surface area contributed by atoms with E-state index in [4.69, 9.17) is 20.8 Å². The van der Waals surface area contributed by atoms with Crippen LogP contribution in [0.15, 0.2) is 0 Å². The molecule has 5 nitrogen and oxygen atoms in total. The van der Waals surface area contributed by atoms with Gasteiger partial charge >= 0.3 is 5.97 Å². The Morgan fingerprint density at radius 2 is 2.42 bits per heavy atom. The molecule has 1 unspecified atom stereocenters. The zero-order valence-corrected chi connectivity index (χ0v) is 6.86. The molecule has 0 heterocycles. The Hall–Kier alpha value is -1.12. The number of nitrogens with two attached hydrogens (primary N) is 1. The van der Waals surface area contributed by atoms with Gasteiger partial charge < -0.3 is 15.6 Å². The van der Waals surface area contributed by atoms with E-state index in [1.54, 1.807) is 6.92 Å². The third kappa shape index (κ3) is 4.66. The van der Waals surface area contributed by atoms with Crippen LogP contribution in [0.4, 0.5) is 0 Å². The van der Waals surface area contributed by atoms with Crippen molar-refractivity contribution in [2.45, 2.75) is 25.5 Å². The number of nitriles is 1. The summed E-state index contributed by atoms with van der Waals surface area (Å²) < 4.78 is 4.91. The number of carboxylic acid groups (broad SMARTS) is 1. The van der Waals surface area contributed by atoms with Gasteiger partial charge in [-0.25, -0.2) is 0 Å². The molecule has 2 atom stereocenters. The van der Waals surface area contributed by atoms with Crippen molar-refractivity contribution in [2.75, 3.05) is 6.61 Å². The van der Waals surface area contributed by atoms with Crippen molar-refractivity contribution in [3.05, 3.63) is 0 Å². The lowest BCUT2D eigenvalue weighted by atomic mass is 10.2. The normalized spacial score (nSPS) is 14.8. The molecule has 0 aliphatic rings. The molecule has 0 bridgehead atoms. The van der Waals surface area contributed by atoms with Crippen LogP contribution in [0.3, 0.4) is 0 Å². The zero-order valence-electron chi connectivity index (χ0n) is 6.86. The van der Waals surface area contributed by atoms with E-state index in [9.17, 15) is 4.79 Å². The molecular formula is C7H12N2O3. The first kappa shape index (κ1) is 10.9. The van der Waals surface area contributed by atoms with E-state index in [0.717, 1.165) is 0 Å². The van der Waals surface area contributed by atoms with Gasteiger partial charge in [-0.2, -0.15) is 5.26 Å². The molecule has 0 amide bonds. The van der Waals surface area contributed by atoms with E-state index in [-0.39, 0.29) is 13.0 Å². The van der Waals surface area contributed by atoms with Crippen LogP contribution in [-0.2, 0) is 9.53 Å². The Morgan fingerprint density at radius 3 is 2.83 bits per heavy atom. The lowest BCUT2D eigenvalue weighted by Gasteiger charge is -2.07. The third-order valence-corrected chi connectivity index (χ3v) is 1.30. The molecule has 0 saturated carbocycles. The summed E-state index contributed by atoms with van der Waals surface area (Å²) in [4.78, 5) is 10.2. The largest absolute Gasteiger partial charge is 0.480 e. The fraction of sp³-hybridized carbons (Fsp3) is 0.714. The molecule has 0 fully saturated rings. The molecule has 0 aliphatic heterocycles. The maximum Gasteiger partial charge on any atom is 0.320 e. The van der Waals surface area contributed by atoms with Crippen molar-refractivity contribution in [1.82, 2.24) is 0 Å². The minimum atomic E-state index is -1.05. The molecule has 0 aromatic carbocycles. The number of ether oxygens (including phenoxy) is 1. The Labute approximate surface area is 70.7 Å². The molecule has 0 saturated heterocycles. The smallest absolute Gasteiger partial charge is 0.320 e. The van der Waals surface area contributed by atoms with E-state index in [1.807, 2.05) is 6.07 Å². The van der Waals surface area contributed by atoms with Gasteiger partial charge in [-0.05, 0) is 13.3 Å². The van der Waals surface area contributed by atoms with Crippen molar-refractivity contribution >= 4 is 5.97 Å². The van der Waals surface area contributed by atoms with Gasteiger partial charge in [0.05, 0.1) is 12.7 Å². The molecule has 3 N–H and O–H groups in total. The van der Waals surface area contributed by atoms with Crippen LogP contribution in [0.1, 0.15) is 13.3 Å². The molecule has 0 radical (unpaired) electrons. The van der Waals surface area contributed by atoms with Gasteiger partial charge in [-0.3, -0.25) is 4.79 Å². The van der Waals surface area contributed by atoms with Crippen molar-refractivity contribution in [3.8, 4) is 6.07 Å². The molecule has 68 valence electrons. The second-order valence-electron chi connectivity index (χ2n) is 2.38. The van der Waals surface area contributed by atoms with Crippen LogP contribution in [0.5, 0.6) is 0 Å². The van der Waals surface area contributed by atoms with Crippen LogP contribution in [-0.4, -0.2) is 29.8 Å². The van der Waals surface area contributed by atoms with Crippen molar-refractivity contribution in [1.29, 1.82) is 5.26 Å². The highest BCUT2D eigenvalue weighted by Crippen LogP contribution is 1.93. The van der Waals surface area contributed by atoms with Gasteiger partial charge in [0.25, 0.3) is 0 Å². The summed E-state index contributed by atoms with van der Waals surface area (Å²) in [6, 6.07) is 0.951. The van der Waals surface area contributed by atoms with Gasteiger partial charge in [-0.1, -0.05) is 0 Å². The first-order valence-electron chi connectivity index (χ1n) is 3.57.